The van der Waals surface area contributed by atoms with Crippen molar-refractivity contribution in [2.45, 2.75) is 18.1 Å². The lowest BCUT2D eigenvalue weighted by Crippen LogP contribution is -2.35. The Labute approximate surface area is 239 Å². The first kappa shape index (κ1) is 27.2. The molecule has 0 saturated carbocycles. The quantitative estimate of drug-likeness (QED) is 0.136. The number of phenols is 8. The Kier molecular flexibility index (Phi) is 6.06. The highest BCUT2D eigenvalue weighted by atomic mass is 16.5. The van der Waals surface area contributed by atoms with Gasteiger partial charge >= 0.3 is 0 Å². The van der Waals surface area contributed by atoms with Crippen LogP contribution in [0.3, 0.4) is 0 Å². The minimum atomic E-state index is -1.65. The monoisotopic (exact) mass is 590 g/mol. The van der Waals surface area contributed by atoms with Crippen LogP contribution in [0.1, 0.15) is 28.7 Å². The molecule has 0 bridgehead atoms. The molecule has 2 heterocycles. The molecule has 13 nitrogen and oxygen atoms in total. The van der Waals surface area contributed by atoms with Gasteiger partial charge in [0, 0.05) is 17.0 Å². The van der Waals surface area contributed by atoms with Crippen LogP contribution in [0, 0.1) is 0 Å². The van der Waals surface area contributed by atoms with Crippen LogP contribution in [-0.2, 0) is 0 Å². The van der Waals surface area contributed by atoms with Gasteiger partial charge in [-0.05, 0) is 53.6 Å². The second-order valence-electron chi connectivity index (χ2n) is 9.96. The molecule has 5 aromatic rings. The molecule has 6 rings (SSSR count). The topological polar surface area (TPSA) is 242 Å². The smallest absolute Gasteiger partial charge is 0.235 e. The fraction of sp³-hybridized carbons (Fsp3) is 0.100. The second-order valence-corrected chi connectivity index (χ2v) is 9.96. The molecule has 0 fully saturated rings. The van der Waals surface area contributed by atoms with Crippen LogP contribution in [0.15, 0.2) is 63.8 Å². The number of benzene rings is 4. The van der Waals surface area contributed by atoms with Crippen LogP contribution in [-0.4, -0.2) is 57.2 Å². The van der Waals surface area contributed by atoms with E-state index in [1.165, 1.54) is 18.2 Å². The van der Waals surface area contributed by atoms with E-state index in [9.17, 15) is 55.9 Å². The molecule has 220 valence electrons. The summed E-state index contributed by atoms with van der Waals surface area (Å²) in [7, 11) is 0. The number of fused-ring (bicyclic) bond motifs is 2. The molecular weight excluding hydrogens is 568 g/mol. The molecule has 1 aromatic heterocycles. The number of hydrogen-bond acceptors (Lipinski definition) is 13. The van der Waals surface area contributed by atoms with Crippen molar-refractivity contribution in [3.05, 3.63) is 81.5 Å². The summed E-state index contributed by atoms with van der Waals surface area (Å²) in [5.41, 5.74) is -1.85. The largest absolute Gasteiger partial charge is 0.504 e. The zero-order valence-corrected chi connectivity index (χ0v) is 21.6. The van der Waals surface area contributed by atoms with Gasteiger partial charge in [-0.15, -0.1) is 0 Å². The third-order valence-electron chi connectivity index (χ3n) is 7.40. The average Bonchev–Trinajstić information content (AvgIpc) is 2.97. The Morgan fingerprint density at radius 3 is 1.93 bits per heavy atom. The fourth-order valence-electron chi connectivity index (χ4n) is 5.30. The van der Waals surface area contributed by atoms with E-state index in [1.807, 2.05) is 0 Å². The van der Waals surface area contributed by atoms with Crippen molar-refractivity contribution < 1.29 is 60.2 Å². The van der Waals surface area contributed by atoms with Gasteiger partial charge in [-0.25, -0.2) is 0 Å². The van der Waals surface area contributed by atoms with E-state index in [4.69, 9.17) is 9.15 Å². The summed E-state index contributed by atoms with van der Waals surface area (Å²) in [5.74, 6) is -8.29. The van der Waals surface area contributed by atoms with Gasteiger partial charge in [0.1, 0.15) is 6.10 Å². The maximum atomic E-state index is 13.7. The molecule has 1 aliphatic heterocycles. The normalized spacial score (nSPS) is 17.8. The molecule has 0 radical (unpaired) electrons. The lowest BCUT2D eigenvalue weighted by molar-refractivity contribution is 0.00669. The predicted octanol–water partition coefficient (Wildman–Crippen LogP) is 3.44. The zero-order valence-electron chi connectivity index (χ0n) is 21.6. The lowest BCUT2D eigenvalue weighted by Gasteiger charge is -2.38. The average molecular weight is 590 g/mol. The van der Waals surface area contributed by atoms with Crippen molar-refractivity contribution in [3.8, 4) is 68.8 Å². The highest BCUT2D eigenvalue weighted by molar-refractivity contribution is 5.92. The Morgan fingerprint density at radius 2 is 1.26 bits per heavy atom. The van der Waals surface area contributed by atoms with Crippen LogP contribution >= 0.6 is 0 Å². The highest BCUT2D eigenvalue weighted by Gasteiger charge is 2.43. The SMILES string of the molecule is O=c1c(O)c(-c2ccc(O)c(O)c2)oc2c(O)c(O)cc([C@@H]3c4ccc(O)c(O)c4O[C@H](c4ccc(O)c(O)c4)[C@H]3O)c12. The van der Waals surface area contributed by atoms with E-state index < -0.39 is 92.0 Å². The minimum Gasteiger partial charge on any atom is -0.504 e. The van der Waals surface area contributed by atoms with Crippen molar-refractivity contribution >= 4 is 11.0 Å². The molecule has 4 aromatic carbocycles. The van der Waals surface area contributed by atoms with Crippen molar-refractivity contribution in [1.29, 1.82) is 0 Å². The van der Waals surface area contributed by atoms with E-state index >= 15 is 0 Å². The van der Waals surface area contributed by atoms with E-state index in [0.717, 1.165) is 36.4 Å². The minimum absolute atomic E-state index is 0.0277. The summed E-state index contributed by atoms with van der Waals surface area (Å²) >= 11 is 0. The molecular formula is C30H22O13. The van der Waals surface area contributed by atoms with E-state index in [0.29, 0.717) is 0 Å². The molecule has 10 N–H and O–H groups in total. The first-order valence-corrected chi connectivity index (χ1v) is 12.6. The molecule has 0 spiro atoms. The van der Waals surface area contributed by atoms with E-state index in [2.05, 4.69) is 0 Å². The van der Waals surface area contributed by atoms with E-state index in [-0.39, 0.29) is 28.0 Å². The van der Waals surface area contributed by atoms with Crippen LogP contribution in [0.25, 0.3) is 22.3 Å². The van der Waals surface area contributed by atoms with Gasteiger partial charge in [-0.2, -0.15) is 0 Å². The molecule has 0 unspecified atom stereocenters. The van der Waals surface area contributed by atoms with Crippen LogP contribution in [0.2, 0.25) is 0 Å². The number of ether oxygens (including phenoxy) is 1. The zero-order chi connectivity index (χ0) is 30.9. The number of phenolic OH excluding ortho intramolecular Hbond substituents is 8. The van der Waals surface area contributed by atoms with Crippen LogP contribution in [0.5, 0.6) is 57.5 Å². The van der Waals surface area contributed by atoms with Crippen molar-refractivity contribution in [2.75, 3.05) is 0 Å². The lowest BCUT2D eigenvalue weighted by atomic mass is 9.78. The second kappa shape index (κ2) is 9.56. The van der Waals surface area contributed by atoms with Crippen molar-refractivity contribution in [3.63, 3.8) is 0 Å². The van der Waals surface area contributed by atoms with Gasteiger partial charge in [0.05, 0.1) is 5.39 Å². The molecule has 3 atom stereocenters. The Balaban J connectivity index is 1.65. The molecule has 0 aliphatic carbocycles. The van der Waals surface area contributed by atoms with Gasteiger partial charge in [-0.1, -0.05) is 12.1 Å². The molecule has 0 amide bonds. The van der Waals surface area contributed by atoms with Gasteiger partial charge in [0.2, 0.25) is 22.7 Å². The Hall–Kier alpha value is -5.95. The Bertz CT molecular complexity index is 2010. The third-order valence-corrected chi connectivity index (χ3v) is 7.40. The molecule has 1 aliphatic rings. The summed E-state index contributed by atoms with van der Waals surface area (Å²) < 4.78 is 11.5. The maximum absolute atomic E-state index is 13.7. The summed E-state index contributed by atoms with van der Waals surface area (Å²) in [5, 5.41) is 104. The van der Waals surface area contributed by atoms with Gasteiger partial charge in [0.15, 0.2) is 57.7 Å². The Morgan fingerprint density at radius 1 is 0.605 bits per heavy atom. The molecule has 13 heteroatoms. The summed E-state index contributed by atoms with van der Waals surface area (Å²) in [4.78, 5) is 13.7. The first-order valence-electron chi connectivity index (χ1n) is 12.6. The van der Waals surface area contributed by atoms with Crippen molar-refractivity contribution in [1.82, 2.24) is 0 Å². The third kappa shape index (κ3) is 4.09. The fourth-order valence-corrected chi connectivity index (χ4v) is 5.30. The summed E-state index contributed by atoms with van der Waals surface area (Å²) in [6, 6.07) is 10.2. The number of hydrogen-bond donors (Lipinski definition) is 10. The summed E-state index contributed by atoms with van der Waals surface area (Å²) in [6.45, 7) is 0. The standard InChI is InChI=1S/C30H22O13/c31-14-4-1-10(7-17(14)34)27-25(40)20(12-3-6-16(33)22(37)29(12)42-27)13-9-19(36)23(38)30-21(13)24(39)26(41)28(43-30)11-2-5-15(32)18(35)8-11/h1-9,20,25,27,31-38,40-41H/t20-,25-,27+/m0/s1. The highest BCUT2D eigenvalue weighted by Crippen LogP contribution is 2.54. The van der Waals surface area contributed by atoms with Crippen LogP contribution in [0.4, 0.5) is 0 Å². The number of rotatable bonds is 3. The summed E-state index contributed by atoms with van der Waals surface area (Å²) in [6.07, 6.45) is -3.05. The van der Waals surface area contributed by atoms with E-state index in [1.54, 1.807) is 0 Å². The van der Waals surface area contributed by atoms with Gasteiger partial charge in [0.25, 0.3) is 0 Å². The first-order chi connectivity index (χ1) is 20.4. The predicted molar refractivity (Wildman–Crippen MR) is 147 cm³/mol. The maximum Gasteiger partial charge on any atom is 0.235 e. The number of aromatic hydroxyl groups is 9. The van der Waals surface area contributed by atoms with Gasteiger partial charge < -0.3 is 60.2 Å². The number of aliphatic hydroxyl groups is 1. The van der Waals surface area contributed by atoms with Crippen LogP contribution < -0.4 is 10.2 Å². The van der Waals surface area contributed by atoms with Gasteiger partial charge in [-0.3, -0.25) is 4.79 Å². The molecule has 43 heavy (non-hydrogen) atoms. The molecule has 0 saturated heterocycles. The number of aliphatic hydroxyl groups excluding tert-OH is 1. The van der Waals surface area contributed by atoms with Crippen molar-refractivity contribution in [2.24, 2.45) is 0 Å².